The molecule has 0 saturated heterocycles. The molecule has 0 aliphatic rings. The Hall–Kier alpha value is -3.26. The Bertz CT molecular complexity index is 1140. The second-order valence-electron chi connectivity index (χ2n) is 8.05. The molecule has 8 heteroatoms. The number of hydrogen-bond donors (Lipinski definition) is 2. The van der Waals surface area contributed by atoms with Crippen LogP contribution in [0.4, 0.5) is 11.4 Å². The maximum Gasteiger partial charge on any atom is 0.255 e. The normalized spacial score (nSPS) is 11.7. The third kappa shape index (κ3) is 6.20. The Morgan fingerprint density at radius 2 is 1.79 bits per heavy atom. The fourth-order valence-electron chi connectivity index (χ4n) is 3.40. The van der Waals surface area contributed by atoms with E-state index in [1.165, 1.54) is 11.8 Å². The van der Waals surface area contributed by atoms with Crippen LogP contribution in [-0.4, -0.2) is 33.7 Å². The number of amides is 2. The number of nitrogens with zero attached hydrogens (tertiary/aromatic N) is 2. The van der Waals surface area contributed by atoms with E-state index >= 15 is 0 Å². The van der Waals surface area contributed by atoms with Crippen molar-refractivity contribution in [3.8, 4) is 5.75 Å². The summed E-state index contributed by atoms with van der Waals surface area (Å²) in [6.07, 6.45) is 2.17. The van der Waals surface area contributed by atoms with Crippen LogP contribution in [0, 0.1) is 13.8 Å². The molecular weight excluding hydrogens is 448 g/mol. The Kier molecular flexibility index (Phi) is 8.76. The van der Waals surface area contributed by atoms with E-state index in [1.54, 1.807) is 43.5 Å². The number of hydrogen-bond acceptors (Lipinski definition) is 5. The fraction of sp³-hybridized carbons (Fsp3) is 0.346. The Balaban J connectivity index is 1.61. The predicted octanol–water partition coefficient (Wildman–Crippen LogP) is 5.68. The number of carbonyl (C=O) groups excluding carboxylic acids is 2. The lowest BCUT2D eigenvalue weighted by Crippen LogP contribution is -2.23. The summed E-state index contributed by atoms with van der Waals surface area (Å²) in [5.74, 6) is 0.222. The van der Waals surface area contributed by atoms with Gasteiger partial charge in [-0.3, -0.25) is 9.59 Å². The van der Waals surface area contributed by atoms with Crippen molar-refractivity contribution in [1.82, 2.24) is 9.55 Å². The van der Waals surface area contributed by atoms with Crippen LogP contribution >= 0.6 is 11.8 Å². The second kappa shape index (κ2) is 11.7. The van der Waals surface area contributed by atoms with Crippen LogP contribution in [0.2, 0.25) is 0 Å². The number of aryl methyl sites for hydroxylation is 1. The number of imidazole rings is 1. The molecule has 0 saturated carbocycles. The topological polar surface area (TPSA) is 85.2 Å². The van der Waals surface area contributed by atoms with E-state index in [2.05, 4.69) is 34.0 Å². The van der Waals surface area contributed by atoms with E-state index in [-0.39, 0.29) is 17.1 Å². The number of aromatic nitrogens is 2. The molecule has 1 heterocycles. The van der Waals surface area contributed by atoms with Gasteiger partial charge in [-0.2, -0.15) is 0 Å². The lowest BCUT2D eigenvalue weighted by atomic mass is 10.2. The number of thioether (sulfide) groups is 1. The summed E-state index contributed by atoms with van der Waals surface area (Å²) in [6.45, 7) is 9.00. The first-order chi connectivity index (χ1) is 16.3. The molecule has 2 aromatic carbocycles. The molecule has 180 valence electrons. The van der Waals surface area contributed by atoms with Gasteiger partial charge in [0.05, 0.1) is 23.7 Å². The SMILES string of the molecule is CCCCn1c(SC(C)C(=O)Nc2ccc(C(=O)Nc3ccccc3OC)cc2)nc(C)c1C. The number of ether oxygens (including phenoxy) is 1. The monoisotopic (exact) mass is 480 g/mol. The Morgan fingerprint density at radius 1 is 1.09 bits per heavy atom. The summed E-state index contributed by atoms with van der Waals surface area (Å²) in [7, 11) is 1.56. The number of benzene rings is 2. The van der Waals surface area contributed by atoms with Gasteiger partial charge >= 0.3 is 0 Å². The van der Waals surface area contributed by atoms with Crippen LogP contribution in [-0.2, 0) is 11.3 Å². The first-order valence-electron chi connectivity index (χ1n) is 11.4. The van der Waals surface area contributed by atoms with Crippen LogP contribution in [0.25, 0.3) is 0 Å². The van der Waals surface area contributed by atoms with Crippen molar-refractivity contribution in [3.63, 3.8) is 0 Å². The molecule has 0 radical (unpaired) electrons. The van der Waals surface area contributed by atoms with Gasteiger partial charge in [0.2, 0.25) is 5.91 Å². The quantitative estimate of drug-likeness (QED) is 0.365. The van der Waals surface area contributed by atoms with E-state index < -0.39 is 0 Å². The molecule has 0 fully saturated rings. The third-order valence-corrected chi connectivity index (χ3v) is 6.67. The number of unbranched alkanes of at least 4 members (excludes halogenated alkanes) is 1. The molecule has 2 N–H and O–H groups in total. The van der Waals surface area contributed by atoms with Crippen molar-refractivity contribution < 1.29 is 14.3 Å². The zero-order valence-electron chi connectivity index (χ0n) is 20.3. The van der Waals surface area contributed by atoms with Crippen molar-refractivity contribution in [1.29, 1.82) is 0 Å². The molecule has 7 nitrogen and oxygen atoms in total. The largest absolute Gasteiger partial charge is 0.495 e. The molecular formula is C26H32N4O3S. The Labute approximate surface area is 205 Å². The fourth-order valence-corrected chi connectivity index (χ4v) is 4.42. The maximum atomic E-state index is 12.8. The van der Waals surface area contributed by atoms with Gasteiger partial charge in [-0.1, -0.05) is 37.2 Å². The van der Waals surface area contributed by atoms with Gasteiger partial charge < -0.3 is 19.9 Å². The summed E-state index contributed by atoms with van der Waals surface area (Å²) in [5, 5.41) is 6.32. The number of rotatable bonds is 10. The molecule has 1 unspecified atom stereocenters. The molecule has 3 rings (SSSR count). The average Bonchev–Trinajstić information content (AvgIpc) is 3.10. The standard InChI is InChI=1S/C26H32N4O3S/c1-6-7-16-30-18(3)17(2)27-26(30)34-19(4)24(31)28-21-14-12-20(13-15-21)25(32)29-22-10-8-9-11-23(22)33-5/h8-15,19H,6-7,16H2,1-5H3,(H,28,31)(H,29,32). The van der Waals surface area contributed by atoms with Crippen molar-refractivity contribution in [2.24, 2.45) is 0 Å². The highest BCUT2D eigenvalue weighted by Gasteiger charge is 2.20. The molecule has 2 amide bonds. The predicted molar refractivity (Wildman–Crippen MR) is 138 cm³/mol. The summed E-state index contributed by atoms with van der Waals surface area (Å²) < 4.78 is 7.47. The molecule has 0 aliphatic heterocycles. The molecule has 0 aliphatic carbocycles. The molecule has 0 spiro atoms. The van der Waals surface area contributed by atoms with Gasteiger partial charge in [0.1, 0.15) is 5.75 Å². The minimum atomic E-state index is -0.324. The first kappa shape index (κ1) is 25.4. The van der Waals surface area contributed by atoms with E-state index in [9.17, 15) is 9.59 Å². The minimum absolute atomic E-state index is 0.114. The van der Waals surface area contributed by atoms with Gasteiger partial charge in [-0.05, 0) is 63.6 Å². The van der Waals surface area contributed by atoms with Gasteiger partial charge in [-0.25, -0.2) is 4.98 Å². The van der Waals surface area contributed by atoms with Crippen LogP contribution in [0.1, 0.15) is 48.4 Å². The van der Waals surface area contributed by atoms with Gasteiger partial charge in [0, 0.05) is 23.5 Å². The number of anilines is 2. The van der Waals surface area contributed by atoms with Crippen molar-refractivity contribution in [2.75, 3.05) is 17.7 Å². The smallest absolute Gasteiger partial charge is 0.255 e. The molecule has 1 atom stereocenters. The van der Waals surface area contributed by atoms with Gasteiger partial charge in [0.25, 0.3) is 5.91 Å². The van der Waals surface area contributed by atoms with E-state index in [4.69, 9.17) is 4.74 Å². The molecule has 34 heavy (non-hydrogen) atoms. The third-order valence-electron chi connectivity index (χ3n) is 5.58. The lowest BCUT2D eigenvalue weighted by Gasteiger charge is -2.14. The van der Waals surface area contributed by atoms with Gasteiger partial charge in [0.15, 0.2) is 5.16 Å². The lowest BCUT2D eigenvalue weighted by molar-refractivity contribution is -0.115. The molecule has 3 aromatic rings. The van der Waals surface area contributed by atoms with Crippen LogP contribution < -0.4 is 15.4 Å². The summed E-state index contributed by atoms with van der Waals surface area (Å²) in [5.41, 5.74) is 3.85. The second-order valence-corrected chi connectivity index (χ2v) is 9.36. The Morgan fingerprint density at radius 3 is 2.47 bits per heavy atom. The number of para-hydroxylation sites is 2. The minimum Gasteiger partial charge on any atom is -0.495 e. The summed E-state index contributed by atoms with van der Waals surface area (Å²) in [6, 6.07) is 14.0. The van der Waals surface area contributed by atoms with Crippen molar-refractivity contribution >= 4 is 35.0 Å². The van der Waals surface area contributed by atoms with Crippen LogP contribution in [0.3, 0.4) is 0 Å². The molecule has 1 aromatic heterocycles. The van der Waals surface area contributed by atoms with E-state index in [1.807, 2.05) is 26.0 Å². The zero-order valence-corrected chi connectivity index (χ0v) is 21.2. The summed E-state index contributed by atoms with van der Waals surface area (Å²) in [4.78, 5) is 30.1. The van der Waals surface area contributed by atoms with Crippen LogP contribution in [0.5, 0.6) is 5.75 Å². The number of carbonyl (C=O) groups is 2. The van der Waals surface area contributed by atoms with Gasteiger partial charge in [-0.15, -0.1) is 0 Å². The number of methoxy groups -OCH3 is 1. The van der Waals surface area contributed by atoms with Crippen molar-refractivity contribution in [3.05, 3.63) is 65.5 Å². The molecule has 0 bridgehead atoms. The summed E-state index contributed by atoms with van der Waals surface area (Å²) >= 11 is 1.46. The first-order valence-corrected chi connectivity index (χ1v) is 12.3. The van der Waals surface area contributed by atoms with E-state index in [0.29, 0.717) is 22.7 Å². The number of nitrogens with one attached hydrogen (secondary N) is 2. The maximum absolute atomic E-state index is 12.8. The zero-order chi connectivity index (χ0) is 24.7. The average molecular weight is 481 g/mol. The van der Waals surface area contributed by atoms with Crippen LogP contribution in [0.15, 0.2) is 53.7 Å². The van der Waals surface area contributed by atoms with E-state index in [0.717, 1.165) is 35.9 Å². The highest BCUT2D eigenvalue weighted by Crippen LogP contribution is 2.27. The highest BCUT2D eigenvalue weighted by atomic mass is 32.2. The van der Waals surface area contributed by atoms with Crippen molar-refractivity contribution in [2.45, 2.75) is 57.5 Å². The highest BCUT2D eigenvalue weighted by molar-refractivity contribution is 8.00.